The maximum absolute atomic E-state index is 13.6. The Hall–Kier alpha value is -3.88. The van der Waals surface area contributed by atoms with Crippen LogP contribution in [0.1, 0.15) is 16.1 Å². The second kappa shape index (κ2) is 6.38. The van der Waals surface area contributed by atoms with Gasteiger partial charge in [-0.15, -0.1) is 0 Å². The van der Waals surface area contributed by atoms with Crippen LogP contribution in [0.5, 0.6) is 0 Å². The summed E-state index contributed by atoms with van der Waals surface area (Å²) in [5.41, 5.74) is 6.35. The van der Waals surface area contributed by atoms with Crippen molar-refractivity contribution in [2.75, 3.05) is 0 Å². The van der Waals surface area contributed by atoms with E-state index in [-0.39, 0.29) is 28.2 Å². The highest BCUT2D eigenvalue weighted by molar-refractivity contribution is 6.02. The average molecular weight is 381 g/mol. The number of aryl methyl sites for hydroxylation is 1. The third kappa shape index (κ3) is 2.82. The number of rotatable bonds is 3. The fourth-order valence-corrected chi connectivity index (χ4v) is 2.93. The number of nitrogens with one attached hydrogen (secondary N) is 1. The molecule has 0 unspecified atom stereocenters. The van der Waals surface area contributed by atoms with Crippen LogP contribution in [0, 0.1) is 18.6 Å². The summed E-state index contributed by atoms with van der Waals surface area (Å²) in [7, 11) is 0. The summed E-state index contributed by atoms with van der Waals surface area (Å²) in [6.07, 6.45) is 0. The van der Waals surface area contributed by atoms with Crippen LogP contribution < -0.4 is 11.4 Å². The summed E-state index contributed by atoms with van der Waals surface area (Å²) in [6.45, 7) is 1.86. The number of fused-ring (bicyclic) bond motifs is 1. The predicted octanol–water partition coefficient (Wildman–Crippen LogP) is 2.46. The van der Waals surface area contributed by atoms with Gasteiger partial charge in [0, 0.05) is 5.56 Å². The fourth-order valence-electron chi connectivity index (χ4n) is 2.93. The number of H-pyrrole nitrogens is 1. The highest BCUT2D eigenvalue weighted by atomic mass is 19.2. The molecule has 0 spiro atoms. The monoisotopic (exact) mass is 381 g/mol. The van der Waals surface area contributed by atoms with Gasteiger partial charge in [0.1, 0.15) is 5.52 Å². The number of nitrogens with two attached hydrogens (primary N) is 1. The van der Waals surface area contributed by atoms with E-state index in [1.54, 1.807) is 18.2 Å². The average Bonchev–Trinajstić information content (AvgIpc) is 2.98. The van der Waals surface area contributed by atoms with Crippen molar-refractivity contribution in [2.24, 2.45) is 5.73 Å². The first kappa shape index (κ1) is 17.5. The van der Waals surface area contributed by atoms with Crippen molar-refractivity contribution in [1.29, 1.82) is 0 Å². The third-order valence-electron chi connectivity index (χ3n) is 4.21. The zero-order valence-electron chi connectivity index (χ0n) is 14.5. The van der Waals surface area contributed by atoms with E-state index in [9.17, 15) is 18.4 Å². The van der Waals surface area contributed by atoms with Gasteiger partial charge in [-0.05, 0) is 42.8 Å². The second-order valence-electron chi connectivity index (χ2n) is 6.19. The number of hydrogen-bond donors (Lipinski definition) is 2. The molecule has 0 fully saturated rings. The van der Waals surface area contributed by atoms with Crippen molar-refractivity contribution < 1.29 is 13.6 Å². The quantitative estimate of drug-likeness (QED) is 0.568. The van der Waals surface area contributed by atoms with Crippen LogP contribution in [0.25, 0.3) is 28.2 Å². The summed E-state index contributed by atoms with van der Waals surface area (Å²) in [5, 5.41) is 0. The van der Waals surface area contributed by atoms with Crippen molar-refractivity contribution in [3.8, 4) is 17.1 Å². The molecule has 28 heavy (non-hydrogen) atoms. The number of imidazole rings is 1. The molecule has 0 bridgehead atoms. The van der Waals surface area contributed by atoms with Crippen LogP contribution in [-0.4, -0.2) is 25.4 Å². The maximum atomic E-state index is 13.6. The van der Waals surface area contributed by atoms with E-state index < -0.39 is 23.2 Å². The molecule has 2 heterocycles. The van der Waals surface area contributed by atoms with E-state index in [4.69, 9.17) is 5.73 Å². The molecule has 4 rings (SSSR count). The number of aromatic nitrogens is 4. The number of benzene rings is 2. The van der Waals surface area contributed by atoms with Crippen LogP contribution in [0.4, 0.5) is 8.78 Å². The number of aromatic amines is 1. The topological polar surface area (TPSA) is 107 Å². The van der Waals surface area contributed by atoms with Crippen LogP contribution in [-0.2, 0) is 0 Å². The van der Waals surface area contributed by atoms with Gasteiger partial charge in [-0.3, -0.25) is 4.79 Å². The van der Waals surface area contributed by atoms with E-state index in [1.807, 2.05) is 13.0 Å². The molecule has 2 aromatic carbocycles. The molecule has 0 aliphatic rings. The summed E-state index contributed by atoms with van der Waals surface area (Å²) >= 11 is 0. The highest BCUT2D eigenvalue weighted by Crippen LogP contribution is 2.23. The SMILES string of the molecule is Cc1cccc(-n2c(=O)[nH]c3c(C(N)=O)nc(-c4ccc(F)c(F)c4)nc32)c1. The Labute approximate surface area is 156 Å². The summed E-state index contributed by atoms with van der Waals surface area (Å²) in [5.74, 6) is -3.08. The van der Waals surface area contributed by atoms with Crippen LogP contribution in [0.2, 0.25) is 0 Å². The van der Waals surface area contributed by atoms with E-state index >= 15 is 0 Å². The van der Waals surface area contributed by atoms with Gasteiger partial charge in [-0.2, -0.15) is 0 Å². The van der Waals surface area contributed by atoms with E-state index in [2.05, 4.69) is 15.0 Å². The second-order valence-corrected chi connectivity index (χ2v) is 6.19. The molecule has 0 saturated heterocycles. The minimum atomic E-state index is -1.09. The molecule has 1 amide bonds. The van der Waals surface area contributed by atoms with Crippen molar-refractivity contribution in [1.82, 2.24) is 19.5 Å². The number of halogens is 2. The van der Waals surface area contributed by atoms with Gasteiger partial charge in [0.05, 0.1) is 5.69 Å². The number of hydrogen-bond acceptors (Lipinski definition) is 4. The van der Waals surface area contributed by atoms with Crippen LogP contribution >= 0.6 is 0 Å². The van der Waals surface area contributed by atoms with Gasteiger partial charge < -0.3 is 10.7 Å². The Kier molecular flexibility index (Phi) is 3.99. The molecule has 0 radical (unpaired) electrons. The fraction of sp³-hybridized carbons (Fsp3) is 0.0526. The molecule has 7 nitrogen and oxygen atoms in total. The zero-order chi connectivity index (χ0) is 20.0. The Morgan fingerprint density at radius 1 is 1.11 bits per heavy atom. The molecular weight excluding hydrogens is 368 g/mol. The summed E-state index contributed by atoms with van der Waals surface area (Å²) < 4.78 is 28.2. The predicted molar refractivity (Wildman–Crippen MR) is 98.1 cm³/mol. The molecular formula is C19H13F2N5O2. The molecule has 0 aliphatic heterocycles. The number of primary amides is 1. The minimum Gasteiger partial charge on any atom is -0.364 e. The van der Waals surface area contributed by atoms with Gasteiger partial charge in [0.25, 0.3) is 5.91 Å². The third-order valence-corrected chi connectivity index (χ3v) is 4.21. The Morgan fingerprint density at radius 2 is 1.89 bits per heavy atom. The van der Waals surface area contributed by atoms with E-state index in [0.717, 1.165) is 17.7 Å². The number of nitrogens with zero attached hydrogens (tertiary/aromatic N) is 3. The van der Waals surface area contributed by atoms with Gasteiger partial charge in [0.15, 0.2) is 28.8 Å². The Balaban J connectivity index is 2.06. The molecule has 2 aromatic heterocycles. The van der Waals surface area contributed by atoms with E-state index in [1.165, 1.54) is 10.6 Å². The number of carbonyl (C=O) groups excluding carboxylic acids is 1. The lowest BCUT2D eigenvalue weighted by atomic mass is 10.2. The summed E-state index contributed by atoms with van der Waals surface area (Å²) in [4.78, 5) is 35.3. The lowest BCUT2D eigenvalue weighted by Gasteiger charge is -2.07. The molecule has 9 heteroatoms. The lowest BCUT2D eigenvalue weighted by molar-refractivity contribution is 0.0997. The first-order chi connectivity index (χ1) is 13.3. The molecule has 3 N–H and O–H groups in total. The van der Waals surface area contributed by atoms with E-state index in [0.29, 0.717) is 5.69 Å². The molecule has 140 valence electrons. The highest BCUT2D eigenvalue weighted by Gasteiger charge is 2.20. The maximum Gasteiger partial charge on any atom is 0.332 e. The Bertz CT molecular complexity index is 1310. The van der Waals surface area contributed by atoms with Crippen molar-refractivity contribution in [2.45, 2.75) is 6.92 Å². The lowest BCUT2D eigenvalue weighted by Crippen LogP contribution is -2.15. The Morgan fingerprint density at radius 3 is 2.57 bits per heavy atom. The van der Waals surface area contributed by atoms with Crippen LogP contribution in [0.3, 0.4) is 0 Å². The van der Waals surface area contributed by atoms with Gasteiger partial charge in [-0.1, -0.05) is 12.1 Å². The van der Waals surface area contributed by atoms with Crippen molar-refractivity contribution in [3.63, 3.8) is 0 Å². The smallest absolute Gasteiger partial charge is 0.332 e. The normalized spacial score (nSPS) is 11.1. The first-order valence-corrected chi connectivity index (χ1v) is 8.20. The molecule has 4 aromatic rings. The standard InChI is InChI=1S/C19H13F2N5O2/c1-9-3-2-4-11(7-9)26-18-15(24-19(26)28)14(16(22)27)23-17(25-18)10-5-6-12(20)13(21)8-10/h2-8H,1H3,(H2,22,27)(H,24,28). The number of carbonyl (C=O) groups is 1. The molecule has 0 atom stereocenters. The zero-order valence-corrected chi connectivity index (χ0v) is 14.5. The molecule has 0 aliphatic carbocycles. The summed E-state index contributed by atoms with van der Waals surface area (Å²) in [6, 6.07) is 10.2. The first-order valence-electron chi connectivity index (χ1n) is 8.20. The van der Waals surface area contributed by atoms with Crippen LogP contribution in [0.15, 0.2) is 47.3 Å². The van der Waals surface area contributed by atoms with Gasteiger partial charge in [-0.25, -0.2) is 28.1 Å². The number of amides is 1. The van der Waals surface area contributed by atoms with Gasteiger partial charge >= 0.3 is 5.69 Å². The minimum absolute atomic E-state index is 0.0605. The largest absolute Gasteiger partial charge is 0.364 e. The van der Waals surface area contributed by atoms with Crippen molar-refractivity contribution in [3.05, 3.63) is 75.8 Å². The van der Waals surface area contributed by atoms with Gasteiger partial charge in [0.2, 0.25) is 0 Å². The molecule has 0 saturated carbocycles. The van der Waals surface area contributed by atoms with Crippen molar-refractivity contribution >= 4 is 17.1 Å².